The summed E-state index contributed by atoms with van der Waals surface area (Å²) in [6.45, 7) is 0. The first-order valence-corrected chi connectivity index (χ1v) is 12.8. The quantitative estimate of drug-likeness (QED) is 0.241. The van der Waals surface area contributed by atoms with Crippen molar-refractivity contribution in [2.24, 2.45) is 0 Å². The Morgan fingerprint density at radius 2 is 1.26 bits per heavy atom. The van der Waals surface area contributed by atoms with E-state index in [1.54, 1.807) is 0 Å². The predicted octanol–water partition coefficient (Wildman–Crippen LogP) is 9.21. The Labute approximate surface area is 232 Å². The van der Waals surface area contributed by atoms with Crippen LogP contribution in [0.5, 0.6) is 0 Å². The number of fused-ring (bicyclic) bond motifs is 5. The zero-order valence-corrected chi connectivity index (χ0v) is 20.7. The Balaban J connectivity index is 1.59. The second-order valence-corrected chi connectivity index (χ2v) is 9.50. The molecule has 0 saturated carbocycles. The summed E-state index contributed by atoms with van der Waals surface area (Å²) in [4.78, 5) is 10.0. The van der Waals surface area contributed by atoms with Gasteiger partial charge in [0.1, 0.15) is 5.69 Å². The Morgan fingerprint density at radius 1 is 0.564 bits per heavy atom. The molecular formula is C36H23N3. The lowest BCUT2D eigenvalue weighted by Crippen LogP contribution is -2.03. The molecular weight excluding hydrogens is 474 g/mol. The fourth-order valence-electron chi connectivity index (χ4n) is 5.52. The maximum absolute atomic E-state index is 8.83. The minimum atomic E-state index is -0.449. The molecule has 182 valence electrons. The van der Waals surface area contributed by atoms with Crippen LogP contribution in [0.4, 0.5) is 0 Å². The molecule has 0 aliphatic heterocycles. The van der Waals surface area contributed by atoms with Crippen LogP contribution in [-0.2, 0) is 0 Å². The lowest BCUT2D eigenvalue weighted by molar-refractivity contribution is 1.08. The van der Waals surface area contributed by atoms with Crippen LogP contribution in [0.3, 0.4) is 0 Å². The van der Waals surface area contributed by atoms with Crippen LogP contribution in [-0.4, -0.2) is 14.5 Å². The molecule has 0 N–H and O–H groups in total. The van der Waals surface area contributed by atoms with Crippen LogP contribution in [0.25, 0.3) is 71.8 Å². The van der Waals surface area contributed by atoms with Gasteiger partial charge in [-0.1, -0.05) is 109 Å². The van der Waals surface area contributed by atoms with Crippen LogP contribution < -0.4 is 0 Å². The number of nitrogens with zero attached hydrogens (tertiary/aromatic N) is 3. The fraction of sp³-hybridized carbons (Fsp3) is 0. The van der Waals surface area contributed by atoms with Crippen molar-refractivity contribution in [1.82, 2.24) is 14.5 Å². The van der Waals surface area contributed by atoms with E-state index in [1.165, 1.54) is 0 Å². The molecule has 0 saturated heterocycles. The van der Waals surface area contributed by atoms with Gasteiger partial charge in [0.25, 0.3) is 0 Å². The van der Waals surface area contributed by atoms with Gasteiger partial charge in [0.2, 0.25) is 0 Å². The van der Waals surface area contributed by atoms with Crippen LogP contribution in [0.15, 0.2) is 139 Å². The summed E-state index contributed by atoms with van der Waals surface area (Å²) in [5.41, 5.74) is 5.30. The highest BCUT2D eigenvalue weighted by molar-refractivity contribution is 6.18. The van der Waals surface area contributed by atoms with Gasteiger partial charge in [-0.3, -0.25) is 4.57 Å². The third-order valence-corrected chi connectivity index (χ3v) is 7.24. The molecule has 0 aliphatic carbocycles. The van der Waals surface area contributed by atoms with E-state index < -0.39 is 18.1 Å². The van der Waals surface area contributed by atoms with Gasteiger partial charge in [0.05, 0.1) is 28.9 Å². The molecule has 2 aromatic heterocycles. The average Bonchev–Trinajstić information content (AvgIpc) is 3.38. The molecule has 0 radical (unpaired) electrons. The molecule has 3 heteroatoms. The highest BCUT2D eigenvalue weighted by Gasteiger charge is 2.21. The number of hydrogen-bond donors (Lipinski definition) is 0. The van der Waals surface area contributed by atoms with E-state index in [9.17, 15) is 0 Å². The van der Waals surface area contributed by atoms with Gasteiger partial charge in [0.15, 0.2) is 5.82 Å². The minimum Gasteiger partial charge on any atom is -0.292 e. The molecule has 0 amide bonds. The van der Waals surface area contributed by atoms with Crippen molar-refractivity contribution in [2.45, 2.75) is 0 Å². The molecule has 8 aromatic rings. The predicted molar refractivity (Wildman–Crippen MR) is 162 cm³/mol. The summed E-state index contributed by atoms with van der Waals surface area (Å²) in [6.07, 6.45) is 0. The number of aromatic nitrogens is 3. The van der Waals surface area contributed by atoms with E-state index in [0.29, 0.717) is 16.9 Å². The van der Waals surface area contributed by atoms with Crippen LogP contribution in [0.2, 0.25) is 0 Å². The average molecular weight is 503 g/mol. The summed E-state index contributed by atoms with van der Waals surface area (Å²) in [7, 11) is 0. The van der Waals surface area contributed by atoms with Gasteiger partial charge in [0, 0.05) is 16.3 Å². The molecule has 0 fully saturated rings. The molecule has 3 nitrogen and oxygen atoms in total. The monoisotopic (exact) mass is 502 g/mol. The van der Waals surface area contributed by atoms with Gasteiger partial charge in [-0.25, -0.2) is 9.97 Å². The second kappa shape index (κ2) is 8.64. The highest BCUT2D eigenvalue weighted by atomic mass is 15.1. The van der Waals surface area contributed by atoms with E-state index in [0.717, 1.165) is 43.7 Å². The standard InChI is InChI=1S/C36H23N3/c1-3-12-24(13-4-1)28-18-11-21-32-34(28)29-22-26-16-7-8-17-27(26)23-33(29)39(32)36-35(25-14-5-2-6-15-25)37-30-19-9-10-20-31(30)38-36/h1-23H/i2D,5D,6D,14D,15D. The fourth-order valence-corrected chi connectivity index (χ4v) is 5.52. The summed E-state index contributed by atoms with van der Waals surface area (Å²) in [5, 5.41) is 4.18. The SMILES string of the molecule is [2H]c1c([2H])c([2H])c(-c2nc3ccccc3nc2-n2c3cc4ccccc4cc3c3c(-c4ccccc4)cccc32)c([2H])c1[2H]. The second-order valence-electron chi connectivity index (χ2n) is 9.50. The Hall–Kier alpha value is -5.28. The number of hydrogen-bond acceptors (Lipinski definition) is 2. The van der Waals surface area contributed by atoms with E-state index >= 15 is 0 Å². The first-order chi connectivity index (χ1) is 21.4. The van der Waals surface area contributed by atoms with Gasteiger partial charge >= 0.3 is 0 Å². The van der Waals surface area contributed by atoms with Crippen LogP contribution in [0.1, 0.15) is 6.85 Å². The van der Waals surface area contributed by atoms with Gasteiger partial charge < -0.3 is 0 Å². The van der Waals surface area contributed by atoms with Gasteiger partial charge in [-0.2, -0.15) is 0 Å². The van der Waals surface area contributed by atoms with Crippen molar-refractivity contribution in [3.63, 3.8) is 0 Å². The van der Waals surface area contributed by atoms with Crippen LogP contribution in [0, 0.1) is 0 Å². The van der Waals surface area contributed by atoms with Gasteiger partial charge in [-0.05, 0) is 52.2 Å². The maximum Gasteiger partial charge on any atom is 0.165 e. The summed E-state index contributed by atoms with van der Waals surface area (Å²) in [5.74, 6) is 0.391. The summed E-state index contributed by atoms with van der Waals surface area (Å²) < 4.78 is 44.7. The van der Waals surface area contributed by atoms with Crippen molar-refractivity contribution in [3.8, 4) is 28.2 Å². The zero-order valence-electron chi connectivity index (χ0n) is 25.7. The summed E-state index contributed by atoms with van der Waals surface area (Å²) >= 11 is 0. The molecule has 2 heterocycles. The van der Waals surface area contributed by atoms with Crippen LogP contribution >= 0.6 is 0 Å². The van der Waals surface area contributed by atoms with Crippen molar-refractivity contribution >= 4 is 43.6 Å². The molecule has 0 atom stereocenters. The first-order valence-electron chi connectivity index (χ1n) is 15.3. The lowest BCUT2D eigenvalue weighted by Gasteiger charge is -2.14. The zero-order chi connectivity index (χ0) is 30.1. The van der Waals surface area contributed by atoms with E-state index in [-0.39, 0.29) is 23.3 Å². The lowest BCUT2D eigenvalue weighted by atomic mass is 9.98. The highest BCUT2D eigenvalue weighted by Crippen LogP contribution is 2.41. The molecule has 0 aliphatic rings. The van der Waals surface area contributed by atoms with E-state index in [4.69, 9.17) is 16.8 Å². The first kappa shape index (κ1) is 17.3. The Bertz CT molecular complexity index is 2420. The minimum absolute atomic E-state index is 0.0132. The van der Waals surface area contributed by atoms with Crippen molar-refractivity contribution < 1.29 is 6.85 Å². The molecule has 0 bridgehead atoms. The Morgan fingerprint density at radius 3 is 2.05 bits per heavy atom. The third-order valence-electron chi connectivity index (χ3n) is 7.24. The topological polar surface area (TPSA) is 30.7 Å². The molecule has 6 aromatic carbocycles. The van der Waals surface area contributed by atoms with Crippen molar-refractivity contribution in [1.29, 1.82) is 0 Å². The van der Waals surface area contributed by atoms with Gasteiger partial charge in [-0.15, -0.1) is 0 Å². The molecule has 0 unspecified atom stereocenters. The Kier molecular flexibility index (Phi) is 3.83. The van der Waals surface area contributed by atoms with E-state index in [1.807, 2.05) is 71.3 Å². The number of rotatable bonds is 3. The number of benzene rings is 6. The molecule has 0 spiro atoms. The van der Waals surface area contributed by atoms with E-state index in [2.05, 4.69) is 42.5 Å². The largest absolute Gasteiger partial charge is 0.292 e. The normalized spacial score (nSPS) is 13.4. The maximum atomic E-state index is 8.83. The smallest absolute Gasteiger partial charge is 0.165 e. The molecule has 39 heavy (non-hydrogen) atoms. The number of para-hydroxylation sites is 2. The third kappa shape index (κ3) is 3.44. The van der Waals surface area contributed by atoms with Crippen molar-refractivity contribution in [2.75, 3.05) is 0 Å². The molecule has 8 rings (SSSR count). The summed E-state index contributed by atoms with van der Waals surface area (Å²) in [6, 6.07) is 34.4. The van der Waals surface area contributed by atoms with Crippen molar-refractivity contribution in [3.05, 3.63) is 139 Å².